The van der Waals surface area contributed by atoms with E-state index in [2.05, 4.69) is 0 Å². The summed E-state index contributed by atoms with van der Waals surface area (Å²) < 4.78 is 44.2. The number of hydrogen-bond donors (Lipinski definition) is 3. The molecule has 7 heteroatoms. The van der Waals surface area contributed by atoms with Crippen molar-refractivity contribution in [3.63, 3.8) is 0 Å². The van der Waals surface area contributed by atoms with Gasteiger partial charge in [0, 0.05) is 12.5 Å². The van der Waals surface area contributed by atoms with Gasteiger partial charge in [-0.2, -0.15) is 13.2 Å². The molecule has 2 aromatic carbocycles. The zero-order chi connectivity index (χ0) is 16.8. The summed E-state index contributed by atoms with van der Waals surface area (Å²) in [5.74, 6) is -0.618. The Bertz CT molecular complexity index is 743. The fourth-order valence-corrected chi connectivity index (χ4v) is 2.62. The van der Waals surface area contributed by atoms with E-state index in [4.69, 9.17) is 4.74 Å². The van der Waals surface area contributed by atoms with Crippen molar-refractivity contribution in [3.05, 3.63) is 53.1 Å². The summed E-state index contributed by atoms with van der Waals surface area (Å²) in [5, 5.41) is 29.0. The van der Waals surface area contributed by atoms with E-state index in [1.807, 2.05) is 0 Å². The number of ether oxygens (including phenoxy) is 1. The maximum absolute atomic E-state index is 12.9. The molecule has 0 aromatic heterocycles. The summed E-state index contributed by atoms with van der Waals surface area (Å²) in [7, 11) is 0. The molecule has 0 bridgehead atoms. The summed E-state index contributed by atoms with van der Waals surface area (Å²) in [5.41, 5.74) is -0.439. The molecule has 2 atom stereocenters. The van der Waals surface area contributed by atoms with Crippen LogP contribution in [0, 0.1) is 0 Å². The van der Waals surface area contributed by atoms with Crippen LogP contribution in [-0.4, -0.2) is 21.4 Å². The third-order valence-corrected chi connectivity index (χ3v) is 3.74. The monoisotopic (exact) mass is 326 g/mol. The number of alkyl halides is 3. The lowest BCUT2D eigenvalue weighted by molar-refractivity contribution is -0.138. The molecular weight excluding hydrogens is 313 g/mol. The molecule has 0 aliphatic carbocycles. The van der Waals surface area contributed by atoms with Crippen LogP contribution in [0.3, 0.4) is 0 Å². The molecule has 3 N–H and O–H groups in total. The van der Waals surface area contributed by atoms with Gasteiger partial charge < -0.3 is 20.1 Å². The van der Waals surface area contributed by atoms with Crippen molar-refractivity contribution in [1.29, 1.82) is 0 Å². The number of aliphatic hydroxyl groups excluding tert-OH is 1. The van der Waals surface area contributed by atoms with Crippen LogP contribution in [0.1, 0.15) is 22.8 Å². The molecule has 0 saturated heterocycles. The Morgan fingerprint density at radius 1 is 1.04 bits per heavy atom. The van der Waals surface area contributed by atoms with Gasteiger partial charge in [-0.05, 0) is 29.3 Å². The molecule has 1 aliphatic rings. The number of rotatable bonds is 1. The zero-order valence-electron chi connectivity index (χ0n) is 11.7. The average molecular weight is 326 g/mol. The molecule has 2 aromatic rings. The molecule has 4 nitrogen and oxygen atoms in total. The van der Waals surface area contributed by atoms with Crippen LogP contribution in [0.2, 0.25) is 0 Å². The molecule has 1 heterocycles. The van der Waals surface area contributed by atoms with Gasteiger partial charge in [0.15, 0.2) is 0 Å². The number of benzene rings is 2. The van der Waals surface area contributed by atoms with E-state index in [9.17, 15) is 28.5 Å². The first-order valence-corrected chi connectivity index (χ1v) is 6.82. The van der Waals surface area contributed by atoms with E-state index in [-0.39, 0.29) is 17.7 Å². The highest BCUT2D eigenvalue weighted by Crippen LogP contribution is 2.41. The van der Waals surface area contributed by atoms with Gasteiger partial charge in [0.1, 0.15) is 23.4 Å². The first-order valence-electron chi connectivity index (χ1n) is 6.82. The second-order valence-electron chi connectivity index (χ2n) is 5.38. The van der Waals surface area contributed by atoms with Crippen molar-refractivity contribution in [2.75, 3.05) is 0 Å². The van der Waals surface area contributed by atoms with Crippen LogP contribution in [-0.2, 0) is 12.6 Å². The van der Waals surface area contributed by atoms with E-state index in [0.29, 0.717) is 11.3 Å². The highest BCUT2D eigenvalue weighted by Gasteiger charge is 2.36. The molecule has 1 aliphatic heterocycles. The molecule has 0 fully saturated rings. The van der Waals surface area contributed by atoms with E-state index in [1.54, 1.807) is 6.07 Å². The van der Waals surface area contributed by atoms with Gasteiger partial charge in [0.25, 0.3) is 0 Å². The van der Waals surface area contributed by atoms with Crippen LogP contribution in [0.15, 0.2) is 36.4 Å². The van der Waals surface area contributed by atoms with Gasteiger partial charge >= 0.3 is 6.18 Å². The number of phenols is 2. The fraction of sp³-hybridized carbons (Fsp3) is 0.250. The third-order valence-electron chi connectivity index (χ3n) is 3.74. The van der Waals surface area contributed by atoms with Crippen molar-refractivity contribution in [1.82, 2.24) is 0 Å². The molecule has 122 valence electrons. The Balaban J connectivity index is 1.99. The second-order valence-corrected chi connectivity index (χ2v) is 5.38. The third kappa shape index (κ3) is 2.92. The van der Waals surface area contributed by atoms with E-state index >= 15 is 0 Å². The van der Waals surface area contributed by atoms with Crippen LogP contribution in [0.5, 0.6) is 17.2 Å². The van der Waals surface area contributed by atoms with Gasteiger partial charge in [-0.15, -0.1) is 0 Å². The molecule has 2 unspecified atom stereocenters. The summed E-state index contributed by atoms with van der Waals surface area (Å²) >= 11 is 0. The molecule has 3 rings (SSSR count). The summed E-state index contributed by atoms with van der Waals surface area (Å²) in [6, 6.07) is 7.33. The highest BCUT2D eigenvalue weighted by molar-refractivity contribution is 5.44. The summed E-state index contributed by atoms with van der Waals surface area (Å²) in [4.78, 5) is 0. The Morgan fingerprint density at radius 3 is 2.48 bits per heavy atom. The van der Waals surface area contributed by atoms with Crippen LogP contribution < -0.4 is 4.74 Å². The van der Waals surface area contributed by atoms with Gasteiger partial charge in [-0.25, -0.2) is 0 Å². The number of fused-ring (bicyclic) bond motifs is 1. The smallest absolute Gasteiger partial charge is 0.419 e. The van der Waals surface area contributed by atoms with Gasteiger partial charge in [0.05, 0.1) is 11.7 Å². The van der Waals surface area contributed by atoms with Crippen LogP contribution in [0.25, 0.3) is 0 Å². The minimum absolute atomic E-state index is 0.0411. The lowest BCUT2D eigenvalue weighted by Crippen LogP contribution is -2.30. The normalized spacial score (nSPS) is 20.7. The SMILES string of the molecule is Oc1ccc2c(c1)OC(c1ccc(O)c(C(F)(F)F)c1)C(O)C2. The average Bonchev–Trinajstić information content (AvgIpc) is 2.46. The Labute approximate surface area is 129 Å². The number of phenolic OH excluding ortho intramolecular Hbond substituents is 2. The number of hydrogen-bond acceptors (Lipinski definition) is 4. The van der Waals surface area contributed by atoms with E-state index < -0.39 is 29.7 Å². The van der Waals surface area contributed by atoms with Crippen molar-refractivity contribution >= 4 is 0 Å². The number of aliphatic hydroxyl groups is 1. The first kappa shape index (κ1) is 15.5. The van der Waals surface area contributed by atoms with Crippen molar-refractivity contribution in [2.45, 2.75) is 24.8 Å². The molecule has 0 spiro atoms. The lowest BCUT2D eigenvalue weighted by atomic mass is 9.93. The molecule has 0 radical (unpaired) electrons. The van der Waals surface area contributed by atoms with Crippen molar-refractivity contribution in [2.24, 2.45) is 0 Å². The van der Waals surface area contributed by atoms with Crippen molar-refractivity contribution < 1.29 is 33.2 Å². The lowest BCUT2D eigenvalue weighted by Gasteiger charge is -2.31. The number of aromatic hydroxyl groups is 2. The van der Waals surface area contributed by atoms with Crippen LogP contribution >= 0.6 is 0 Å². The summed E-state index contributed by atoms with van der Waals surface area (Å²) in [6.45, 7) is 0. The highest BCUT2D eigenvalue weighted by atomic mass is 19.4. The van der Waals surface area contributed by atoms with E-state index in [0.717, 1.165) is 12.1 Å². The molecule has 0 saturated carbocycles. The van der Waals surface area contributed by atoms with Crippen molar-refractivity contribution in [3.8, 4) is 17.2 Å². The van der Waals surface area contributed by atoms with Gasteiger partial charge in [0.2, 0.25) is 0 Å². The Kier molecular flexibility index (Phi) is 3.60. The molecule has 23 heavy (non-hydrogen) atoms. The molecule has 0 amide bonds. The topological polar surface area (TPSA) is 69.9 Å². The standard InChI is InChI=1S/C16H13F3O4/c17-16(18,19)11-5-9(2-4-12(11)21)15-13(22)6-8-1-3-10(20)7-14(8)23-15/h1-5,7,13,15,20-22H,6H2. The molecular formula is C16H13F3O4. The summed E-state index contributed by atoms with van der Waals surface area (Å²) in [6.07, 6.45) is -6.60. The van der Waals surface area contributed by atoms with E-state index in [1.165, 1.54) is 18.2 Å². The predicted octanol–water partition coefficient (Wildman–Crippen LogP) is 3.15. The van der Waals surface area contributed by atoms with Crippen LogP contribution in [0.4, 0.5) is 13.2 Å². The Morgan fingerprint density at radius 2 is 1.78 bits per heavy atom. The first-order chi connectivity index (χ1) is 10.8. The largest absolute Gasteiger partial charge is 0.508 e. The second kappa shape index (κ2) is 5.34. The fourth-order valence-electron chi connectivity index (χ4n) is 2.62. The number of halogens is 3. The van der Waals surface area contributed by atoms with Gasteiger partial charge in [-0.1, -0.05) is 12.1 Å². The minimum atomic E-state index is -4.71. The minimum Gasteiger partial charge on any atom is -0.508 e. The maximum atomic E-state index is 12.9. The Hall–Kier alpha value is -2.41. The zero-order valence-corrected chi connectivity index (χ0v) is 11.7. The maximum Gasteiger partial charge on any atom is 0.419 e. The predicted molar refractivity (Wildman–Crippen MR) is 74.3 cm³/mol. The van der Waals surface area contributed by atoms with Gasteiger partial charge in [-0.3, -0.25) is 0 Å². The quantitative estimate of drug-likeness (QED) is 0.753.